The molecule has 7 nitrogen and oxygen atoms in total. The number of carbonyl (C=O) groups is 3. The molecule has 160 valence electrons. The zero-order chi connectivity index (χ0) is 20.8. The van der Waals surface area contributed by atoms with Gasteiger partial charge in [-0.2, -0.15) is 0 Å². The number of piperidine rings is 1. The fourth-order valence-corrected chi connectivity index (χ4v) is 4.85. The standard InChI is InChI=1S/C21H36N2O5/c1-5-28-20(25)17(12-13(2)3)22-14(4)19(24)18-16-9-7-6-8-15(16)10-11-23(18)21(26)27/h13-18,22H,5-12H2,1-4H3,(H,26,27)/t14-,15?,16?,17?,18?/m0/s1. The number of amides is 1. The number of fused-ring (bicyclic) bond motifs is 1. The monoisotopic (exact) mass is 396 g/mol. The van der Waals surface area contributed by atoms with Crippen LogP contribution in [0.3, 0.4) is 0 Å². The van der Waals surface area contributed by atoms with Crippen LogP contribution in [0.4, 0.5) is 4.79 Å². The second-order valence-electron chi connectivity index (χ2n) is 8.64. The Labute approximate surface area is 168 Å². The summed E-state index contributed by atoms with van der Waals surface area (Å²) in [6, 6.07) is -1.80. The highest BCUT2D eigenvalue weighted by molar-refractivity contribution is 5.92. The maximum absolute atomic E-state index is 13.3. The number of ether oxygens (including phenoxy) is 1. The first kappa shape index (κ1) is 22.7. The first-order valence-electron chi connectivity index (χ1n) is 10.7. The molecule has 1 aliphatic heterocycles. The van der Waals surface area contributed by atoms with Gasteiger partial charge in [0.25, 0.3) is 0 Å². The van der Waals surface area contributed by atoms with Gasteiger partial charge in [-0.1, -0.05) is 33.1 Å². The Bertz CT molecular complexity index is 565. The van der Waals surface area contributed by atoms with Crippen LogP contribution >= 0.6 is 0 Å². The average Bonchev–Trinajstić information content (AvgIpc) is 2.65. The third kappa shape index (κ3) is 5.46. The lowest BCUT2D eigenvalue weighted by Crippen LogP contribution is -2.60. The number of carbonyl (C=O) groups excluding carboxylic acids is 2. The van der Waals surface area contributed by atoms with Gasteiger partial charge in [0.15, 0.2) is 5.78 Å². The van der Waals surface area contributed by atoms with Crippen molar-refractivity contribution in [1.29, 1.82) is 0 Å². The first-order valence-corrected chi connectivity index (χ1v) is 10.7. The van der Waals surface area contributed by atoms with Gasteiger partial charge in [0.1, 0.15) is 6.04 Å². The van der Waals surface area contributed by atoms with Crippen LogP contribution in [0.1, 0.15) is 66.2 Å². The van der Waals surface area contributed by atoms with Crippen LogP contribution in [0.15, 0.2) is 0 Å². The van der Waals surface area contributed by atoms with Crippen LogP contribution in [0.5, 0.6) is 0 Å². The first-order chi connectivity index (χ1) is 13.3. The fraction of sp³-hybridized carbons (Fsp3) is 0.857. The molecule has 7 heteroatoms. The molecule has 0 bridgehead atoms. The van der Waals surface area contributed by atoms with E-state index in [4.69, 9.17) is 4.74 Å². The van der Waals surface area contributed by atoms with E-state index in [1.807, 2.05) is 13.8 Å². The molecule has 28 heavy (non-hydrogen) atoms. The Morgan fingerprint density at radius 3 is 2.43 bits per heavy atom. The summed E-state index contributed by atoms with van der Waals surface area (Å²) in [5, 5.41) is 12.8. The molecular formula is C21H36N2O5. The van der Waals surface area contributed by atoms with Gasteiger partial charge in [0, 0.05) is 6.54 Å². The lowest BCUT2D eigenvalue weighted by Gasteiger charge is -2.46. The SMILES string of the molecule is CCOC(=O)C(CC(C)C)N[C@@H](C)C(=O)C1C2CCCCC2CCN1C(=O)O. The highest BCUT2D eigenvalue weighted by atomic mass is 16.5. The molecule has 0 aromatic rings. The number of rotatable bonds is 8. The third-order valence-corrected chi connectivity index (χ3v) is 6.14. The zero-order valence-electron chi connectivity index (χ0n) is 17.6. The largest absolute Gasteiger partial charge is 0.465 e. The summed E-state index contributed by atoms with van der Waals surface area (Å²) in [4.78, 5) is 38.8. The molecular weight excluding hydrogens is 360 g/mol. The van der Waals surface area contributed by atoms with Crippen molar-refractivity contribution in [1.82, 2.24) is 10.2 Å². The van der Waals surface area contributed by atoms with Gasteiger partial charge in [-0.15, -0.1) is 0 Å². The summed E-state index contributed by atoms with van der Waals surface area (Å²) in [6.45, 7) is 8.22. The smallest absolute Gasteiger partial charge is 0.407 e. The average molecular weight is 397 g/mol. The van der Waals surface area contributed by atoms with Crippen molar-refractivity contribution in [2.75, 3.05) is 13.2 Å². The lowest BCUT2D eigenvalue weighted by atomic mass is 9.69. The van der Waals surface area contributed by atoms with Crippen molar-refractivity contribution in [3.8, 4) is 0 Å². The van der Waals surface area contributed by atoms with Gasteiger partial charge in [-0.25, -0.2) is 4.79 Å². The van der Waals surface area contributed by atoms with E-state index >= 15 is 0 Å². The van der Waals surface area contributed by atoms with E-state index in [-0.39, 0.29) is 30.2 Å². The summed E-state index contributed by atoms with van der Waals surface area (Å²) in [6.07, 6.45) is 4.53. The molecule has 4 unspecified atom stereocenters. The zero-order valence-corrected chi connectivity index (χ0v) is 17.6. The Hall–Kier alpha value is -1.63. The van der Waals surface area contributed by atoms with Crippen molar-refractivity contribution in [2.24, 2.45) is 17.8 Å². The Balaban J connectivity index is 2.16. The summed E-state index contributed by atoms with van der Waals surface area (Å²) >= 11 is 0. The lowest BCUT2D eigenvalue weighted by molar-refractivity contribution is -0.146. The van der Waals surface area contributed by atoms with Crippen molar-refractivity contribution >= 4 is 17.8 Å². The minimum Gasteiger partial charge on any atom is -0.465 e. The molecule has 0 spiro atoms. The van der Waals surface area contributed by atoms with Crippen LogP contribution in [0, 0.1) is 17.8 Å². The van der Waals surface area contributed by atoms with E-state index in [2.05, 4.69) is 5.32 Å². The number of carboxylic acid groups (broad SMARTS) is 1. The molecule has 2 N–H and O–H groups in total. The Kier molecular flexibility index (Phi) is 8.28. The summed E-state index contributed by atoms with van der Waals surface area (Å²) in [5.41, 5.74) is 0. The molecule has 1 saturated heterocycles. The molecule has 2 aliphatic rings. The second-order valence-corrected chi connectivity index (χ2v) is 8.64. The molecule has 1 heterocycles. The van der Waals surface area contributed by atoms with E-state index in [1.54, 1.807) is 13.8 Å². The summed E-state index contributed by atoms with van der Waals surface area (Å²) < 4.78 is 5.16. The number of hydrogen-bond donors (Lipinski definition) is 2. The molecule has 0 aromatic carbocycles. The van der Waals surface area contributed by atoms with E-state index < -0.39 is 24.2 Å². The predicted molar refractivity (Wildman–Crippen MR) is 106 cm³/mol. The van der Waals surface area contributed by atoms with Crippen LogP contribution in [0.2, 0.25) is 0 Å². The van der Waals surface area contributed by atoms with Crippen LogP contribution in [-0.2, 0) is 14.3 Å². The van der Waals surface area contributed by atoms with Gasteiger partial charge >= 0.3 is 12.1 Å². The van der Waals surface area contributed by atoms with Crippen molar-refractivity contribution < 1.29 is 24.2 Å². The van der Waals surface area contributed by atoms with E-state index in [0.29, 0.717) is 18.9 Å². The number of nitrogens with one attached hydrogen (secondary N) is 1. The van der Waals surface area contributed by atoms with E-state index in [0.717, 1.165) is 32.1 Å². The number of hydrogen-bond acceptors (Lipinski definition) is 5. The molecule has 5 atom stereocenters. The highest BCUT2D eigenvalue weighted by Gasteiger charge is 2.46. The van der Waals surface area contributed by atoms with E-state index in [1.165, 1.54) is 4.90 Å². The van der Waals surface area contributed by atoms with Gasteiger partial charge in [-0.05, 0) is 50.9 Å². The summed E-state index contributed by atoms with van der Waals surface area (Å²) in [7, 11) is 0. The third-order valence-electron chi connectivity index (χ3n) is 6.14. The van der Waals surface area contributed by atoms with Gasteiger partial charge < -0.3 is 9.84 Å². The summed E-state index contributed by atoms with van der Waals surface area (Å²) in [5.74, 6) is 0.280. The molecule has 2 rings (SSSR count). The van der Waals surface area contributed by atoms with Crippen molar-refractivity contribution in [2.45, 2.75) is 84.3 Å². The minimum atomic E-state index is -1.03. The van der Waals surface area contributed by atoms with E-state index in [9.17, 15) is 19.5 Å². The topological polar surface area (TPSA) is 95.9 Å². The number of esters is 1. The highest BCUT2D eigenvalue weighted by Crippen LogP contribution is 2.40. The maximum atomic E-state index is 13.3. The molecule has 1 aliphatic carbocycles. The van der Waals surface area contributed by atoms with Gasteiger partial charge in [0.2, 0.25) is 0 Å². The normalized spacial score (nSPS) is 27.0. The molecule has 1 saturated carbocycles. The van der Waals surface area contributed by atoms with Crippen molar-refractivity contribution in [3.05, 3.63) is 0 Å². The fourth-order valence-electron chi connectivity index (χ4n) is 4.85. The maximum Gasteiger partial charge on any atom is 0.407 e. The van der Waals surface area contributed by atoms with Gasteiger partial charge in [0.05, 0.1) is 18.7 Å². The number of nitrogens with zero attached hydrogens (tertiary/aromatic N) is 1. The predicted octanol–water partition coefficient (Wildman–Crippen LogP) is 3.07. The Morgan fingerprint density at radius 2 is 1.82 bits per heavy atom. The quantitative estimate of drug-likeness (QED) is 0.612. The van der Waals surface area contributed by atoms with Crippen molar-refractivity contribution in [3.63, 3.8) is 0 Å². The van der Waals surface area contributed by atoms with Crippen LogP contribution in [0.25, 0.3) is 0 Å². The van der Waals surface area contributed by atoms with Gasteiger partial charge in [-0.3, -0.25) is 19.8 Å². The minimum absolute atomic E-state index is 0.0847. The number of ketones is 1. The molecule has 0 radical (unpaired) electrons. The Morgan fingerprint density at radius 1 is 1.14 bits per heavy atom. The van der Waals surface area contributed by atoms with Crippen LogP contribution < -0.4 is 5.32 Å². The molecule has 1 amide bonds. The number of likely N-dealkylation sites (tertiary alicyclic amines) is 1. The molecule has 0 aromatic heterocycles. The second kappa shape index (κ2) is 10.2. The number of Topliss-reactive ketones (excluding diaryl/α,β-unsaturated/α-hetero) is 1. The molecule has 2 fully saturated rings. The van der Waals surface area contributed by atoms with Crippen LogP contribution in [-0.4, -0.2) is 59.1 Å².